The van der Waals surface area contributed by atoms with E-state index in [1.54, 1.807) is 39.0 Å². The van der Waals surface area contributed by atoms with Gasteiger partial charge in [0.25, 0.3) is 5.56 Å². The number of ether oxygens (including phenoxy) is 1. The van der Waals surface area contributed by atoms with Gasteiger partial charge in [0.05, 0.1) is 17.6 Å². The van der Waals surface area contributed by atoms with Crippen LogP contribution in [-0.2, 0) is 33.1 Å². The minimum Gasteiger partial charge on any atom is -0.479 e. The van der Waals surface area contributed by atoms with Crippen molar-refractivity contribution in [1.29, 1.82) is 0 Å². The first kappa shape index (κ1) is 26.6. The van der Waals surface area contributed by atoms with Crippen LogP contribution in [-0.4, -0.2) is 35.9 Å². The molecule has 1 unspecified atom stereocenters. The van der Waals surface area contributed by atoms with Crippen LogP contribution in [0.15, 0.2) is 41.2 Å². The monoisotopic (exact) mass is 500 g/mol. The predicted octanol–water partition coefficient (Wildman–Crippen LogP) is 3.81. The van der Waals surface area contributed by atoms with Gasteiger partial charge in [0.15, 0.2) is 6.10 Å². The lowest BCUT2D eigenvalue weighted by Gasteiger charge is -2.28. The minimum atomic E-state index is -3.41. The lowest BCUT2D eigenvalue weighted by atomic mass is 9.91. The number of aliphatic carboxylic acids is 1. The number of hydrogen-bond donors (Lipinski definition) is 2. The van der Waals surface area contributed by atoms with Crippen LogP contribution in [0.4, 0.5) is 0 Å². The average molecular weight is 501 g/mol. The predicted molar refractivity (Wildman–Crippen MR) is 137 cm³/mol. The van der Waals surface area contributed by atoms with Gasteiger partial charge in [0, 0.05) is 24.5 Å². The molecule has 0 radical (unpaired) electrons. The number of aryl methyl sites for hydroxylation is 2. The number of benzene rings is 2. The molecule has 1 heterocycles. The van der Waals surface area contributed by atoms with Crippen molar-refractivity contribution < 1.29 is 23.1 Å². The first-order chi connectivity index (χ1) is 16.1. The van der Waals surface area contributed by atoms with E-state index in [1.165, 1.54) is 11.6 Å². The average Bonchev–Trinajstić information content (AvgIpc) is 2.74. The van der Waals surface area contributed by atoms with Crippen molar-refractivity contribution in [1.82, 2.24) is 9.29 Å². The zero-order valence-electron chi connectivity index (χ0n) is 21.1. The molecule has 0 aliphatic rings. The summed E-state index contributed by atoms with van der Waals surface area (Å²) in [4.78, 5) is 25.9. The van der Waals surface area contributed by atoms with Gasteiger partial charge >= 0.3 is 5.97 Å². The Kier molecular flexibility index (Phi) is 7.26. The molecule has 35 heavy (non-hydrogen) atoms. The normalized spacial score (nSPS) is 13.2. The molecule has 0 bridgehead atoms. The fourth-order valence-electron chi connectivity index (χ4n) is 3.99. The SMILES string of the molecule is Cc1ccc(-c2c(C(OC(C)(C)C)C(=O)O)n(C)c(=O)c3cc(CNS(C)(=O)=O)ccc23)cc1C. The highest BCUT2D eigenvalue weighted by Gasteiger charge is 2.33. The number of nitrogens with zero attached hydrogens (tertiary/aromatic N) is 1. The Hall–Kier alpha value is -3.01. The lowest BCUT2D eigenvalue weighted by molar-refractivity contribution is -0.161. The molecule has 0 fully saturated rings. The second-order valence-corrected chi connectivity index (χ2v) is 11.7. The van der Waals surface area contributed by atoms with Crippen LogP contribution in [0.2, 0.25) is 0 Å². The smallest absolute Gasteiger partial charge is 0.339 e. The van der Waals surface area contributed by atoms with Crippen molar-refractivity contribution in [3.05, 3.63) is 69.1 Å². The van der Waals surface area contributed by atoms with E-state index in [4.69, 9.17) is 4.74 Å². The number of rotatable bonds is 7. The molecule has 3 rings (SSSR count). The Balaban J connectivity index is 2.41. The molecule has 2 N–H and O–H groups in total. The lowest BCUT2D eigenvalue weighted by Crippen LogP contribution is -2.33. The molecule has 3 aromatic rings. The second kappa shape index (κ2) is 9.56. The van der Waals surface area contributed by atoms with Crippen molar-refractivity contribution in [3.63, 3.8) is 0 Å². The highest BCUT2D eigenvalue weighted by molar-refractivity contribution is 7.88. The van der Waals surface area contributed by atoms with Crippen LogP contribution in [0.3, 0.4) is 0 Å². The summed E-state index contributed by atoms with van der Waals surface area (Å²) in [6.07, 6.45) is -0.321. The quantitative estimate of drug-likeness (QED) is 0.510. The van der Waals surface area contributed by atoms with Crippen LogP contribution in [0.5, 0.6) is 0 Å². The third-order valence-corrected chi connectivity index (χ3v) is 6.45. The van der Waals surface area contributed by atoms with Crippen molar-refractivity contribution in [2.45, 2.75) is 52.9 Å². The number of fused-ring (bicyclic) bond motifs is 1. The summed E-state index contributed by atoms with van der Waals surface area (Å²) in [7, 11) is -1.88. The summed E-state index contributed by atoms with van der Waals surface area (Å²) in [5.74, 6) is -1.20. The van der Waals surface area contributed by atoms with Gasteiger partial charge in [-0.15, -0.1) is 0 Å². The topological polar surface area (TPSA) is 115 Å². The zero-order chi connectivity index (χ0) is 26.3. The summed E-state index contributed by atoms with van der Waals surface area (Å²) < 4.78 is 32.8. The van der Waals surface area contributed by atoms with Gasteiger partial charge in [-0.3, -0.25) is 4.79 Å². The van der Waals surface area contributed by atoms with Crippen LogP contribution < -0.4 is 10.3 Å². The molecule has 2 aromatic carbocycles. The first-order valence-electron chi connectivity index (χ1n) is 11.2. The molecule has 0 spiro atoms. The third kappa shape index (κ3) is 5.98. The molecule has 1 aromatic heterocycles. The molecule has 0 aliphatic carbocycles. The number of pyridine rings is 1. The summed E-state index contributed by atoms with van der Waals surface area (Å²) >= 11 is 0. The number of aromatic nitrogens is 1. The van der Waals surface area contributed by atoms with Gasteiger partial charge in [-0.2, -0.15) is 0 Å². The van der Waals surface area contributed by atoms with Gasteiger partial charge in [0.2, 0.25) is 10.0 Å². The Morgan fingerprint density at radius 2 is 1.74 bits per heavy atom. The molecule has 0 saturated carbocycles. The van der Waals surface area contributed by atoms with Gasteiger partial charge in [0.1, 0.15) is 0 Å². The molecular formula is C26H32N2O6S. The summed E-state index contributed by atoms with van der Waals surface area (Å²) in [5.41, 5.74) is 3.13. The molecule has 0 saturated heterocycles. The molecular weight excluding hydrogens is 468 g/mol. The standard InChI is InChI=1S/C26H32N2O6S/c1-15-8-10-18(12-16(15)2)21-19-11-9-17(14-27-35(7,32)33)13-20(19)24(29)28(6)22(21)23(25(30)31)34-26(3,4)5/h8-13,23,27H,14H2,1-7H3,(H,30,31). The van der Waals surface area contributed by atoms with Gasteiger partial charge < -0.3 is 14.4 Å². The van der Waals surface area contributed by atoms with E-state index in [9.17, 15) is 23.1 Å². The van der Waals surface area contributed by atoms with E-state index in [-0.39, 0.29) is 12.2 Å². The number of carbonyl (C=O) groups is 1. The zero-order valence-corrected chi connectivity index (χ0v) is 21.9. The van der Waals surface area contributed by atoms with Gasteiger partial charge in [-0.05, 0) is 68.3 Å². The highest BCUT2D eigenvalue weighted by atomic mass is 32.2. The van der Waals surface area contributed by atoms with E-state index in [0.29, 0.717) is 21.9 Å². The summed E-state index contributed by atoms with van der Waals surface area (Å²) in [5, 5.41) is 11.1. The van der Waals surface area contributed by atoms with Crippen LogP contribution >= 0.6 is 0 Å². The van der Waals surface area contributed by atoms with Crippen LogP contribution in [0.25, 0.3) is 21.9 Å². The Labute approximate surface area is 205 Å². The van der Waals surface area contributed by atoms with Crippen molar-refractivity contribution in [2.75, 3.05) is 6.26 Å². The van der Waals surface area contributed by atoms with E-state index in [2.05, 4.69) is 4.72 Å². The number of carboxylic acid groups (broad SMARTS) is 1. The minimum absolute atomic E-state index is 0.0313. The maximum absolute atomic E-state index is 13.5. The van der Waals surface area contributed by atoms with Crippen LogP contribution in [0, 0.1) is 13.8 Å². The Morgan fingerprint density at radius 3 is 2.29 bits per heavy atom. The number of nitrogens with one attached hydrogen (secondary N) is 1. The van der Waals surface area contributed by atoms with Crippen molar-refractivity contribution >= 4 is 26.8 Å². The van der Waals surface area contributed by atoms with Gasteiger partial charge in [-0.1, -0.05) is 30.3 Å². The number of sulfonamides is 1. The van der Waals surface area contributed by atoms with E-state index < -0.39 is 33.3 Å². The Morgan fingerprint density at radius 1 is 1.09 bits per heavy atom. The highest BCUT2D eigenvalue weighted by Crippen LogP contribution is 2.37. The number of hydrogen-bond acceptors (Lipinski definition) is 5. The van der Waals surface area contributed by atoms with Gasteiger partial charge in [-0.25, -0.2) is 17.9 Å². The van der Waals surface area contributed by atoms with Crippen molar-refractivity contribution in [2.24, 2.45) is 7.05 Å². The second-order valence-electron chi connectivity index (χ2n) is 9.85. The fourth-order valence-corrected chi connectivity index (χ4v) is 4.42. The molecule has 188 valence electrons. The maximum atomic E-state index is 13.5. The van der Waals surface area contributed by atoms with E-state index >= 15 is 0 Å². The fraction of sp³-hybridized carbons (Fsp3) is 0.385. The molecule has 1 atom stereocenters. The summed E-state index contributed by atoms with van der Waals surface area (Å²) in [6.45, 7) is 9.28. The van der Waals surface area contributed by atoms with E-state index in [1.807, 2.05) is 32.0 Å². The molecule has 9 heteroatoms. The van der Waals surface area contributed by atoms with E-state index in [0.717, 1.165) is 22.9 Å². The largest absolute Gasteiger partial charge is 0.479 e. The Bertz CT molecular complexity index is 1470. The molecule has 8 nitrogen and oxygen atoms in total. The molecule has 0 aliphatic heterocycles. The maximum Gasteiger partial charge on any atom is 0.339 e. The molecule has 0 amide bonds. The van der Waals surface area contributed by atoms with Crippen molar-refractivity contribution in [3.8, 4) is 11.1 Å². The first-order valence-corrected chi connectivity index (χ1v) is 13.1. The third-order valence-electron chi connectivity index (χ3n) is 5.78. The summed E-state index contributed by atoms with van der Waals surface area (Å²) in [6, 6.07) is 10.9. The van der Waals surface area contributed by atoms with Crippen LogP contribution in [0.1, 0.15) is 49.3 Å². The number of carboxylic acids is 1.